The third kappa shape index (κ3) is 2.68. The lowest BCUT2D eigenvalue weighted by Crippen LogP contribution is -2.38. The summed E-state index contributed by atoms with van der Waals surface area (Å²) in [6, 6.07) is 13.4. The highest BCUT2D eigenvalue weighted by molar-refractivity contribution is 6.07. The average Bonchev–Trinajstić information content (AvgIpc) is 2.61. The summed E-state index contributed by atoms with van der Waals surface area (Å²) < 4.78 is 5.39. The molecule has 0 atom stereocenters. The molecule has 1 aliphatic carbocycles. The molecule has 4 rings (SSSR count). The van der Waals surface area contributed by atoms with Gasteiger partial charge in [0.15, 0.2) is 0 Å². The predicted octanol–water partition coefficient (Wildman–Crippen LogP) is 4.01. The van der Waals surface area contributed by atoms with Crippen molar-refractivity contribution in [3.63, 3.8) is 0 Å². The minimum atomic E-state index is -0.578. The molecule has 3 aromatic rings. The SMILES string of the molecule is O=C(NC1CCCCC1)c1cc2c(ccc3ccccc32)oc1=O. The van der Waals surface area contributed by atoms with Crippen LogP contribution in [0.25, 0.3) is 21.7 Å². The van der Waals surface area contributed by atoms with Gasteiger partial charge in [-0.05, 0) is 35.7 Å². The van der Waals surface area contributed by atoms with E-state index in [4.69, 9.17) is 4.42 Å². The van der Waals surface area contributed by atoms with Crippen molar-refractivity contribution in [3.05, 3.63) is 58.4 Å². The van der Waals surface area contributed by atoms with E-state index in [-0.39, 0.29) is 17.5 Å². The third-order valence-corrected chi connectivity index (χ3v) is 4.83. The molecule has 1 saturated carbocycles. The van der Waals surface area contributed by atoms with Gasteiger partial charge in [0.05, 0.1) is 0 Å². The minimum absolute atomic E-state index is 0.0874. The number of hydrogen-bond donors (Lipinski definition) is 1. The van der Waals surface area contributed by atoms with Gasteiger partial charge < -0.3 is 9.73 Å². The van der Waals surface area contributed by atoms with E-state index >= 15 is 0 Å². The van der Waals surface area contributed by atoms with E-state index in [9.17, 15) is 9.59 Å². The van der Waals surface area contributed by atoms with Gasteiger partial charge in [0.25, 0.3) is 5.91 Å². The molecule has 1 aromatic heterocycles. The maximum absolute atomic E-state index is 12.5. The summed E-state index contributed by atoms with van der Waals surface area (Å²) in [5, 5.41) is 5.81. The van der Waals surface area contributed by atoms with Crippen LogP contribution in [0.3, 0.4) is 0 Å². The van der Waals surface area contributed by atoms with Crippen LogP contribution >= 0.6 is 0 Å². The van der Waals surface area contributed by atoms with E-state index in [1.807, 2.05) is 30.3 Å². The maximum Gasteiger partial charge on any atom is 0.349 e. The monoisotopic (exact) mass is 321 g/mol. The van der Waals surface area contributed by atoms with Crippen LogP contribution in [0.5, 0.6) is 0 Å². The Bertz CT molecular complexity index is 967. The van der Waals surface area contributed by atoms with Gasteiger partial charge in [0, 0.05) is 11.4 Å². The summed E-state index contributed by atoms with van der Waals surface area (Å²) in [7, 11) is 0. The zero-order valence-electron chi connectivity index (χ0n) is 13.4. The first-order valence-electron chi connectivity index (χ1n) is 8.49. The molecule has 122 valence electrons. The molecule has 0 aliphatic heterocycles. The summed E-state index contributed by atoms with van der Waals surface area (Å²) in [4.78, 5) is 24.8. The van der Waals surface area contributed by atoms with Gasteiger partial charge in [0.2, 0.25) is 0 Å². The molecule has 1 N–H and O–H groups in total. The van der Waals surface area contributed by atoms with Crippen molar-refractivity contribution < 1.29 is 9.21 Å². The summed E-state index contributed by atoms with van der Waals surface area (Å²) in [6.45, 7) is 0. The molecule has 4 heteroatoms. The van der Waals surface area contributed by atoms with Crippen molar-refractivity contribution in [2.24, 2.45) is 0 Å². The molecule has 24 heavy (non-hydrogen) atoms. The Morgan fingerprint density at radius 1 is 1.00 bits per heavy atom. The molecular weight excluding hydrogens is 302 g/mol. The number of carbonyl (C=O) groups is 1. The van der Waals surface area contributed by atoms with Crippen LogP contribution in [-0.4, -0.2) is 11.9 Å². The summed E-state index contributed by atoms with van der Waals surface area (Å²) >= 11 is 0. The van der Waals surface area contributed by atoms with Gasteiger partial charge in [0.1, 0.15) is 11.1 Å². The fraction of sp³-hybridized carbons (Fsp3) is 0.300. The lowest BCUT2D eigenvalue weighted by atomic mass is 9.95. The lowest BCUT2D eigenvalue weighted by Gasteiger charge is -2.22. The first kappa shape index (κ1) is 14.9. The van der Waals surface area contributed by atoms with Crippen molar-refractivity contribution in [2.45, 2.75) is 38.1 Å². The highest BCUT2D eigenvalue weighted by Gasteiger charge is 2.20. The molecule has 0 saturated heterocycles. The number of rotatable bonds is 2. The number of carbonyl (C=O) groups excluding carboxylic acids is 1. The summed E-state index contributed by atoms with van der Waals surface area (Å²) in [5.41, 5.74) is 0.0171. The second kappa shape index (κ2) is 6.11. The highest BCUT2D eigenvalue weighted by atomic mass is 16.4. The van der Waals surface area contributed by atoms with Gasteiger partial charge in [-0.25, -0.2) is 4.79 Å². The fourth-order valence-corrected chi connectivity index (χ4v) is 3.54. The third-order valence-electron chi connectivity index (χ3n) is 4.83. The van der Waals surface area contributed by atoms with Crippen molar-refractivity contribution in [1.82, 2.24) is 5.32 Å². The molecule has 1 amide bonds. The molecule has 1 aliphatic rings. The summed E-state index contributed by atoms with van der Waals surface area (Å²) in [5.74, 6) is -0.328. The molecule has 1 heterocycles. The van der Waals surface area contributed by atoms with E-state index in [1.165, 1.54) is 6.42 Å². The molecule has 0 unspecified atom stereocenters. The zero-order valence-corrected chi connectivity index (χ0v) is 13.4. The number of fused-ring (bicyclic) bond motifs is 3. The van der Waals surface area contributed by atoms with Crippen LogP contribution in [0.1, 0.15) is 42.5 Å². The van der Waals surface area contributed by atoms with Crippen molar-refractivity contribution in [2.75, 3.05) is 0 Å². The van der Waals surface area contributed by atoms with E-state index in [2.05, 4.69) is 5.32 Å². The van der Waals surface area contributed by atoms with Gasteiger partial charge in [-0.15, -0.1) is 0 Å². The second-order valence-corrected chi connectivity index (χ2v) is 6.45. The van der Waals surface area contributed by atoms with Gasteiger partial charge in [-0.1, -0.05) is 49.6 Å². The Labute approximate surface area is 139 Å². The molecule has 1 fully saturated rings. The first-order valence-corrected chi connectivity index (χ1v) is 8.49. The lowest BCUT2D eigenvalue weighted by molar-refractivity contribution is 0.0924. The average molecular weight is 321 g/mol. The Morgan fingerprint density at radius 2 is 1.79 bits per heavy atom. The molecule has 2 aromatic carbocycles. The molecular formula is C20H19NO3. The quantitative estimate of drug-likeness (QED) is 0.573. The molecule has 0 bridgehead atoms. The van der Waals surface area contributed by atoms with Crippen LogP contribution in [0, 0.1) is 0 Å². The van der Waals surface area contributed by atoms with E-state index in [0.717, 1.165) is 41.8 Å². The standard InChI is InChI=1S/C20H19NO3/c22-19(21-14-7-2-1-3-8-14)17-12-16-15-9-5-4-6-13(15)10-11-18(16)24-20(17)23/h4-6,9-12,14H,1-3,7-8H2,(H,21,22). The first-order chi connectivity index (χ1) is 11.7. The second-order valence-electron chi connectivity index (χ2n) is 6.45. The summed E-state index contributed by atoms with van der Waals surface area (Å²) in [6.07, 6.45) is 5.43. The van der Waals surface area contributed by atoms with Crippen LogP contribution in [0.2, 0.25) is 0 Å². The number of hydrogen-bond acceptors (Lipinski definition) is 3. The Morgan fingerprint density at radius 3 is 2.62 bits per heavy atom. The van der Waals surface area contributed by atoms with Crippen LogP contribution in [-0.2, 0) is 0 Å². The van der Waals surface area contributed by atoms with Crippen molar-refractivity contribution >= 4 is 27.6 Å². The molecule has 4 nitrogen and oxygen atoms in total. The van der Waals surface area contributed by atoms with Gasteiger partial charge >= 0.3 is 5.63 Å². The van der Waals surface area contributed by atoms with E-state index < -0.39 is 5.63 Å². The zero-order chi connectivity index (χ0) is 16.5. The normalized spacial score (nSPS) is 15.7. The number of amides is 1. The Balaban J connectivity index is 1.77. The predicted molar refractivity (Wildman–Crippen MR) is 94.3 cm³/mol. The van der Waals surface area contributed by atoms with Crippen molar-refractivity contribution in [3.8, 4) is 0 Å². The van der Waals surface area contributed by atoms with Gasteiger partial charge in [-0.2, -0.15) is 0 Å². The van der Waals surface area contributed by atoms with Crippen LogP contribution < -0.4 is 10.9 Å². The van der Waals surface area contributed by atoms with Crippen LogP contribution in [0.4, 0.5) is 0 Å². The Kier molecular flexibility index (Phi) is 3.81. The van der Waals surface area contributed by atoms with E-state index in [1.54, 1.807) is 12.1 Å². The Hall–Kier alpha value is -2.62. The molecule has 0 spiro atoms. The minimum Gasteiger partial charge on any atom is -0.422 e. The molecule has 0 radical (unpaired) electrons. The van der Waals surface area contributed by atoms with E-state index in [0.29, 0.717) is 5.58 Å². The smallest absolute Gasteiger partial charge is 0.349 e. The number of benzene rings is 2. The van der Waals surface area contributed by atoms with Gasteiger partial charge in [-0.3, -0.25) is 4.79 Å². The maximum atomic E-state index is 12.5. The fourth-order valence-electron chi connectivity index (χ4n) is 3.54. The number of nitrogens with one attached hydrogen (secondary N) is 1. The topological polar surface area (TPSA) is 59.3 Å². The van der Waals surface area contributed by atoms with Crippen molar-refractivity contribution in [1.29, 1.82) is 0 Å². The largest absolute Gasteiger partial charge is 0.422 e. The van der Waals surface area contributed by atoms with Crippen LogP contribution in [0.15, 0.2) is 51.7 Å². The highest BCUT2D eigenvalue weighted by Crippen LogP contribution is 2.25.